The Morgan fingerprint density at radius 1 is 1.00 bits per heavy atom. The lowest BCUT2D eigenvalue weighted by atomic mass is 9.85. The van der Waals surface area contributed by atoms with E-state index in [9.17, 15) is 14.4 Å². The van der Waals surface area contributed by atoms with Crippen LogP contribution >= 0.6 is 0 Å². The lowest BCUT2D eigenvalue weighted by Gasteiger charge is -2.34. The van der Waals surface area contributed by atoms with Gasteiger partial charge in [-0.2, -0.15) is 0 Å². The van der Waals surface area contributed by atoms with Gasteiger partial charge in [0, 0.05) is 42.4 Å². The molecular formula is C29H27N5O3. The number of aromatic nitrogens is 2. The first-order valence-electron chi connectivity index (χ1n) is 12.9. The number of aryl methyl sites for hydroxylation is 1. The number of imide groups is 1. The molecule has 2 aromatic heterocycles. The molecule has 1 atom stereocenters. The van der Waals surface area contributed by atoms with E-state index >= 15 is 0 Å². The molecule has 1 N–H and O–H groups in total. The first kappa shape index (κ1) is 22.0. The van der Waals surface area contributed by atoms with Crippen LogP contribution in [0.1, 0.15) is 53.2 Å². The summed E-state index contributed by atoms with van der Waals surface area (Å²) in [5, 5.41) is 4.42. The van der Waals surface area contributed by atoms with Gasteiger partial charge < -0.3 is 9.30 Å². The predicted octanol–water partition coefficient (Wildman–Crippen LogP) is 3.95. The number of carbonyl (C=O) groups excluding carboxylic acids is 3. The standard InChI is InChI=1S/C29H27N5O3/c1-17-13-19-14-20(15-33(19)16-30-17)32-11-9-18(10-12-32)21-5-6-24-27-22(21)3-2-4-23(27)29(37)34(24)25-7-8-26(35)31-28(25)36/h2-6,13-16,18,25H,7-12H2,1H3,(H,31,35,36). The van der Waals surface area contributed by atoms with Crippen LogP contribution in [-0.4, -0.2) is 46.2 Å². The fourth-order valence-electron chi connectivity index (χ4n) is 6.35. The number of amides is 3. The van der Waals surface area contributed by atoms with Gasteiger partial charge in [-0.3, -0.25) is 24.6 Å². The van der Waals surface area contributed by atoms with E-state index < -0.39 is 11.9 Å². The summed E-state index contributed by atoms with van der Waals surface area (Å²) in [4.78, 5) is 46.1. The van der Waals surface area contributed by atoms with Crippen molar-refractivity contribution in [2.45, 2.75) is 44.6 Å². The highest BCUT2D eigenvalue weighted by Gasteiger charge is 2.41. The van der Waals surface area contributed by atoms with Crippen molar-refractivity contribution < 1.29 is 14.4 Å². The second-order valence-corrected chi connectivity index (χ2v) is 10.4. The van der Waals surface area contributed by atoms with Gasteiger partial charge in [-0.05, 0) is 67.3 Å². The van der Waals surface area contributed by atoms with Crippen LogP contribution in [0, 0.1) is 6.92 Å². The molecule has 3 aliphatic rings. The summed E-state index contributed by atoms with van der Waals surface area (Å²) in [5.74, 6) is -0.447. The zero-order chi connectivity index (χ0) is 25.3. The second kappa shape index (κ2) is 8.16. The Kier molecular flexibility index (Phi) is 4.86. The molecule has 1 unspecified atom stereocenters. The predicted molar refractivity (Wildman–Crippen MR) is 141 cm³/mol. The second-order valence-electron chi connectivity index (χ2n) is 10.4. The van der Waals surface area contributed by atoms with Gasteiger partial charge in [0.1, 0.15) is 6.04 Å². The number of benzene rings is 2. The number of nitrogens with one attached hydrogen (secondary N) is 1. The van der Waals surface area contributed by atoms with Gasteiger partial charge in [0.15, 0.2) is 0 Å². The number of fused-ring (bicyclic) bond motifs is 1. The molecule has 37 heavy (non-hydrogen) atoms. The lowest BCUT2D eigenvalue weighted by Crippen LogP contribution is -2.53. The van der Waals surface area contributed by atoms with Crippen LogP contribution in [-0.2, 0) is 9.59 Å². The van der Waals surface area contributed by atoms with E-state index in [2.05, 4.69) is 50.1 Å². The SMILES string of the molecule is Cc1cc2cc(N3CCC(c4ccc5c6c(cccc46)C(=O)N5C4CCC(=O)NC4=O)CC3)cn2cn1. The Morgan fingerprint density at radius 2 is 1.84 bits per heavy atom. The summed E-state index contributed by atoms with van der Waals surface area (Å²) >= 11 is 0. The van der Waals surface area contributed by atoms with Crippen LogP contribution in [0.3, 0.4) is 0 Å². The van der Waals surface area contributed by atoms with Crippen molar-refractivity contribution in [1.82, 2.24) is 14.7 Å². The minimum absolute atomic E-state index is 0.160. The normalized spacial score (nSPS) is 20.4. The maximum atomic E-state index is 13.4. The molecule has 186 valence electrons. The van der Waals surface area contributed by atoms with E-state index in [1.54, 1.807) is 4.90 Å². The summed E-state index contributed by atoms with van der Waals surface area (Å²) in [6.45, 7) is 3.92. The average molecular weight is 494 g/mol. The fourth-order valence-corrected chi connectivity index (χ4v) is 6.35. The summed E-state index contributed by atoms with van der Waals surface area (Å²) < 4.78 is 2.07. The van der Waals surface area contributed by atoms with E-state index in [4.69, 9.17) is 0 Å². The molecule has 7 rings (SSSR count). The Labute approximate surface area is 213 Å². The van der Waals surface area contributed by atoms with Crippen LogP contribution in [0.5, 0.6) is 0 Å². The molecule has 5 heterocycles. The molecule has 0 bridgehead atoms. The Morgan fingerprint density at radius 3 is 2.65 bits per heavy atom. The number of nitrogens with zero attached hydrogens (tertiary/aromatic N) is 4. The van der Waals surface area contributed by atoms with Crippen molar-refractivity contribution in [3.8, 4) is 0 Å². The summed E-state index contributed by atoms with van der Waals surface area (Å²) in [5.41, 5.74) is 6.06. The van der Waals surface area contributed by atoms with Gasteiger partial charge in [0.2, 0.25) is 11.8 Å². The van der Waals surface area contributed by atoms with Crippen molar-refractivity contribution >= 4 is 45.4 Å². The molecule has 3 aliphatic heterocycles. The highest BCUT2D eigenvalue weighted by atomic mass is 16.2. The summed E-state index contributed by atoms with van der Waals surface area (Å²) in [6.07, 6.45) is 6.64. The monoisotopic (exact) mass is 493 g/mol. The quantitative estimate of drug-likeness (QED) is 0.437. The molecule has 0 spiro atoms. The zero-order valence-electron chi connectivity index (χ0n) is 20.6. The number of hydrogen-bond donors (Lipinski definition) is 1. The highest BCUT2D eigenvalue weighted by Crippen LogP contribution is 2.44. The Hall–Kier alpha value is -4.20. The summed E-state index contributed by atoms with van der Waals surface area (Å²) in [6, 6.07) is 13.7. The smallest absolute Gasteiger partial charge is 0.259 e. The minimum Gasteiger partial charge on any atom is -0.370 e. The first-order valence-corrected chi connectivity index (χ1v) is 12.9. The van der Waals surface area contributed by atoms with E-state index in [1.165, 1.54) is 11.3 Å². The van der Waals surface area contributed by atoms with E-state index in [1.807, 2.05) is 31.5 Å². The number of anilines is 2. The van der Waals surface area contributed by atoms with Gasteiger partial charge in [-0.1, -0.05) is 18.2 Å². The summed E-state index contributed by atoms with van der Waals surface area (Å²) in [7, 11) is 0. The molecule has 0 saturated carbocycles. The number of piperidine rings is 2. The van der Waals surface area contributed by atoms with Crippen molar-refractivity contribution in [3.05, 3.63) is 71.8 Å². The van der Waals surface area contributed by atoms with Crippen LogP contribution in [0.25, 0.3) is 16.3 Å². The average Bonchev–Trinajstić information content (AvgIpc) is 3.44. The molecular weight excluding hydrogens is 466 g/mol. The van der Waals surface area contributed by atoms with E-state index in [-0.39, 0.29) is 18.2 Å². The maximum Gasteiger partial charge on any atom is 0.259 e. The molecule has 0 radical (unpaired) electrons. The molecule has 4 aromatic rings. The van der Waals surface area contributed by atoms with Gasteiger partial charge in [-0.25, -0.2) is 4.98 Å². The molecule has 2 aromatic carbocycles. The van der Waals surface area contributed by atoms with Crippen molar-refractivity contribution in [1.29, 1.82) is 0 Å². The van der Waals surface area contributed by atoms with Crippen LogP contribution < -0.4 is 15.1 Å². The minimum atomic E-state index is -0.660. The third-order valence-corrected chi connectivity index (χ3v) is 8.19. The first-order chi connectivity index (χ1) is 18.0. The number of hydrogen-bond acceptors (Lipinski definition) is 5. The van der Waals surface area contributed by atoms with Crippen molar-refractivity contribution in [2.24, 2.45) is 0 Å². The molecule has 0 aliphatic carbocycles. The third kappa shape index (κ3) is 3.43. The molecule has 3 amide bonds. The van der Waals surface area contributed by atoms with Gasteiger partial charge in [-0.15, -0.1) is 0 Å². The third-order valence-electron chi connectivity index (χ3n) is 8.19. The molecule has 2 saturated heterocycles. The van der Waals surface area contributed by atoms with E-state index in [0.29, 0.717) is 17.9 Å². The van der Waals surface area contributed by atoms with Crippen molar-refractivity contribution in [3.63, 3.8) is 0 Å². The van der Waals surface area contributed by atoms with Crippen LogP contribution in [0.15, 0.2) is 55.0 Å². The topological polar surface area (TPSA) is 87.0 Å². The highest BCUT2D eigenvalue weighted by molar-refractivity contribution is 6.27. The zero-order valence-corrected chi connectivity index (χ0v) is 20.6. The Bertz CT molecular complexity index is 1610. The van der Waals surface area contributed by atoms with Gasteiger partial charge in [0.25, 0.3) is 5.91 Å². The van der Waals surface area contributed by atoms with Gasteiger partial charge >= 0.3 is 0 Å². The molecule has 2 fully saturated rings. The number of carbonyl (C=O) groups is 3. The van der Waals surface area contributed by atoms with Crippen LogP contribution in [0.4, 0.5) is 11.4 Å². The van der Waals surface area contributed by atoms with Crippen LogP contribution in [0.2, 0.25) is 0 Å². The van der Waals surface area contributed by atoms with Crippen molar-refractivity contribution in [2.75, 3.05) is 22.9 Å². The largest absolute Gasteiger partial charge is 0.370 e. The molecule has 8 heteroatoms. The van der Waals surface area contributed by atoms with E-state index in [0.717, 1.165) is 53.6 Å². The molecule has 8 nitrogen and oxygen atoms in total. The number of rotatable bonds is 3. The Balaban J connectivity index is 1.17. The van der Waals surface area contributed by atoms with Gasteiger partial charge in [0.05, 0.1) is 23.2 Å². The maximum absolute atomic E-state index is 13.4. The fraction of sp³-hybridized carbons (Fsp3) is 0.310. The lowest BCUT2D eigenvalue weighted by molar-refractivity contribution is -0.134.